The van der Waals surface area contributed by atoms with E-state index < -0.39 is 6.04 Å². The second kappa shape index (κ2) is 11.3. The van der Waals surface area contributed by atoms with Gasteiger partial charge in [0.05, 0.1) is 29.3 Å². The van der Waals surface area contributed by atoms with E-state index >= 15 is 0 Å². The van der Waals surface area contributed by atoms with Gasteiger partial charge in [-0.25, -0.2) is 5.01 Å². The average molecular weight is 493 g/mol. The molecule has 2 N–H and O–H groups in total. The van der Waals surface area contributed by atoms with Gasteiger partial charge in [-0.15, -0.1) is 0 Å². The third kappa shape index (κ3) is 5.86. The first-order valence-electron chi connectivity index (χ1n) is 12.4. The molecule has 2 saturated heterocycles. The van der Waals surface area contributed by atoms with Crippen LogP contribution in [0.2, 0.25) is 0 Å². The lowest BCUT2D eigenvalue weighted by molar-refractivity contribution is -0.137. The minimum absolute atomic E-state index is 0.00480. The van der Waals surface area contributed by atoms with Gasteiger partial charge >= 0.3 is 0 Å². The average Bonchev–Trinajstić information content (AvgIpc) is 3.63. The third-order valence-electron chi connectivity index (χ3n) is 6.87. The number of rotatable bonds is 7. The quantitative estimate of drug-likeness (QED) is 0.522. The SMILES string of the molecule is N#Cc1ccc(CN2CC(N(Cc3ccc(C#N)cc3)C(=O)C3CC(c4ccccc4)ON3)CN2)cc1. The van der Waals surface area contributed by atoms with Crippen LogP contribution in [0.1, 0.15) is 40.3 Å². The zero-order valence-electron chi connectivity index (χ0n) is 20.4. The van der Waals surface area contributed by atoms with Gasteiger partial charge < -0.3 is 4.90 Å². The highest BCUT2D eigenvalue weighted by Gasteiger charge is 2.38. The van der Waals surface area contributed by atoms with E-state index in [0.717, 1.165) is 16.7 Å². The molecule has 0 aromatic heterocycles. The van der Waals surface area contributed by atoms with E-state index in [-0.39, 0.29) is 18.1 Å². The summed E-state index contributed by atoms with van der Waals surface area (Å²) in [6.07, 6.45) is 0.378. The number of hydrogen-bond acceptors (Lipinski definition) is 7. The van der Waals surface area contributed by atoms with Crippen LogP contribution in [0, 0.1) is 22.7 Å². The number of nitriles is 2. The summed E-state index contributed by atoms with van der Waals surface area (Å²) in [5, 5.41) is 20.3. The van der Waals surface area contributed by atoms with Gasteiger partial charge in [-0.2, -0.15) is 16.0 Å². The Morgan fingerprint density at radius 1 is 0.946 bits per heavy atom. The molecule has 2 aliphatic heterocycles. The molecule has 0 radical (unpaired) electrons. The van der Waals surface area contributed by atoms with Crippen molar-refractivity contribution >= 4 is 5.91 Å². The van der Waals surface area contributed by atoms with Crippen molar-refractivity contribution in [2.75, 3.05) is 13.1 Å². The van der Waals surface area contributed by atoms with Gasteiger partial charge in [0.15, 0.2) is 0 Å². The molecule has 8 nitrogen and oxygen atoms in total. The molecule has 3 aromatic rings. The molecular formula is C29H28N6O2. The Hall–Kier alpha value is -4.05. The first-order valence-corrected chi connectivity index (χ1v) is 12.4. The number of carbonyl (C=O) groups excluding carboxylic acids is 1. The van der Waals surface area contributed by atoms with Crippen LogP contribution in [0.3, 0.4) is 0 Å². The van der Waals surface area contributed by atoms with Gasteiger partial charge in [0.1, 0.15) is 12.1 Å². The second-order valence-electron chi connectivity index (χ2n) is 9.40. The lowest BCUT2D eigenvalue weighted by Crippen LogP contribution is -2.49. The second-order valence-corrected chi connectivity index (χ2v) is 9.40. The standard InChI is InChI=1S/C29H28N6O2/c30-15-21-6-10-23(11-7-21)18-34-20-26(17-32-34)35(19-24-12-8-22(16-31)9-13-24)29(36)27-14-28(37-33-27)25-4-2-1-3-5-25/h1-13,26-28,32-33H,14,17-20H2. The molecule has 2 heterocycles. The van der Waals surface area contributed by atoms with Crippen LogP contribution in [-0.4, -0.2) is 41.0 Å². The molecule has 0 saturated carbocycles. The van der Waals surface area contributed by atoms with Gasteiger partial charge in [0.2, 0.25) is 5.91 Å². The van der Waals surface area contributed by atoms with E-state index in [9.17, 15) is 4.79 Å². The van der Waals surface area contributed by atoms with E-state index in [1.54, 1.807) is 12.1 Å². The van der Waals surface area contributed by atoms with Crippen molar-refractivity contribution in [1.82, 2.24) is 20.8 Å². The number of carbonyl (C=O) groups is 1. The maximum Gasteiger partial charge on any atom is 0.242 e. The van der Waals surface area contributed by atoms with Gasteiger partial charge in [-0.05, 0) is 41.0 Å². The summed E-state index contributed by atoms with van der Waals surface area (Å²) in [6, 6.07) is 28.6. The van der Waals surface area contributed by atoms with Gasteiger partial charge in [-0.3, -0.25) is 15.1 Å². The first kappa shape index (κ1) is 24.6. The molecule has 8 heteroatoms. The normalized spacial score (nSPS) is 21.3. The summed E-state index contributed by atoms with van der Waals surface area (Å²) in [4.78, 5) is 21.5. The molecule has 2 aliphatic rings. The van der Waals surface area contributed by atoms with Crippen molar-refractivity contribution in [3.05, 3.63) is 107 Å². The first-order chi connectivity index (χ1) is 18.1. The van der Waals surface area contributed by atoms with Crippen LogP contribution >= 0.6 is 0 Å². The fourth-order valence-corrected chi connectivity index (χ4v) is 4.82. The van der Waals surface area contributed by atoms with Crippen molar-refractivity contribution < 1.29 is 9.63 Å². The molecule has 2 fully saturated rings. The zero-order chi connectivity index (χ0) is 25.6. The minimum atomic E-state index is -0.448. The van der Waals surface area contributed by atoms with Crippen LogP contribution in [0.25, 0.3) is 0 Å². The highest BCUT2D eigenvalue weighted by atomic mass is 16.7. The van der Waals surface area contributed by atoms with Crippen molar-refractivity contribution in [3.63, 3.8) is 0 Å². The number of hydrazine groups is 1. The maximum absolute atomic E-state index is 13.8. The summed E-state index contributed by atoms with van der Waals surface area (Å²) >= 11 is 0. The Labute approximate surface area is 216 Å². The predicted molar refractivity (Wildman–Crippen MR) is 137 cm³/mol. The zero-order valence-corrected chi connectivity index (χ0v) is 20.4. The van der Waals surface area contributed by atoms with Crippen molar-refractivity contribution in [2.45, 2.75) is 37.7 Å². The lowest BCUT2D eigenvalue weighted by atomic mass is 10.0. The summed E-state index contributed by atoms with van der Waals surface area (Å²) < 4.78 is 0. The number of amides is 1. The molecule has 0 spiro atoms. The Morgan fingerprint density at radius 3 is 2.24 bits per heavy atom. The van der Waals surface area contributed by atoms with E-state index in [4.69, 9.17) is 15.4 Å². The highest BCUT2D eigenvalue weighted by molar-refractivity contribution is 5.82. The molecule has 0 aliphatic carbocycles. The Bertz CT molecular complexity index is 1300. The third-order valence-corrected chi connectivity index (χ3v) is 6.87. The largest absolute Gasteiger partial charge is 0.331 e. The summed E-state index contributed by atoms with van der Waals surface area (Å²) in [7, 11) is 0. The number of hydroxylamine groups is 1. The Kier molecular flexibility index (Phi) is 7.55. The summed E-state index contributed by atoms with van der Waals surface area (Å²) in [6.45, 7) is 2.41. The Balaban J connectivity index is 1.30. The van der Waals surface area contributed by atoms with Gasteiger partial charge in [0.25, 0.3) is 0 Å². The van der Waals surface area contributed by atoms with Crippen LogP contribution in [0.4, 0.5) is 0 Å². The maximum atomic E-state index is 13.8. The molecule has 3 aromatic carbocycles. The van der Waals surface area contributed by atoms with Gasteiger partial charge in [-0.1, -0.05) is 54.6 Å². The Morgan fingerprint density at radius 2 is 1.59 bits per heavy atom. The van der Waals surface area contributed by atoms with Crippen LogP contribution in [0.15, 0.2) is 78.9 Å². The molecule has 37 heavy (non-hydrogen) atoms. The number of benzene rings is 3. The molecule has 186 valence electrons. The van der Waals surface area contributed by atoms with E-state index in [1.807, 2.05) is 71.6 Å². The monoisotopic (exact) mass is 492 g/mol. The molecule has 3 unspecified atom stereocenters. The molecule has 1 amide bonds. The lowest BCUT2D eigenvalue weighted by Gasteiger charge is -2.30. The minimum Gasteiger partial charge on any atom is -0.331 e. The fourth-order valence-electron chi connectivity index (χ4n) is 4.82. The molecular weight excluding hydrogens is 464 g/mol. The molecule has 0 bridgehead atoms. The number of nitrogens with zero attached hydrogens (tertiary/aromatic N) is 4. The molecule has 3 atom stereocenters. The predicted octanol–water partition coefficient (Wildman–Crippen LogP) is 3.18. The van der Waals surface area contributed by atoms with Crippen LogP contribution in [0.5, 0.6) is 0 Å². The van der Waals surface area contributed by atoms with E-state index in [1.165, 1.54) is 0 Å². The highest BCUT2D eigenvalue weighted by Crippen LogP contribution is 2.28. The number of hydrogen-bond donors (Lipinski definition) is 2. The summed E-state index contributed by atoms with van der Waals surface area (Å²) in [5.41, 5.74) is 10.7. The van der Waals surface area contributed by atoms with E-state index in [0.29, 0.717) is 43.7 Å². The molecule has 5 rings (SSSR count). The topological polar surface area (TPSA) is 104 Å². The van der Waals surface area contributed by atoms with Crippen LogP contribution < -0.4 is 10.9 Å². The van der Waals surface area contributed by atoms with Crippen molar-refractivity contribution in [3.8, 4) is 12.1 Å². The van der Waals surface area contributed by atoms with E-state index in [2.05, 4.69) is 28.1 Å². The van der Waals surface area contributed by atoms with Crippen molar-refractivity contribution in [1.29, 1.82) is 10.5 Å². The van der Waals surface area contributed by atoms with Gasteiger partial charge in [0, 0.05) is 32.6 Å². The summed E-state index contributed by atoms with van der Waals surface area (Å²) in [5.74, 6) is -0.00480. The fraction of sp³-hybridized carbons (Fsp3) is 0.276. The van der Waals surface area contributed by atoms with Crippen molar-refractivity contribution in [2.24, 2.45) is 0 Å². The van der Waals surface area contributed by atoms with Crippen LogP contribution in [-0.2, 0) is 22.7 Å². The number of nitrogens with one attached hydrogen (secondary N) is 2. The smallest absolute Gasteiger partial charge is 0.242 e.